The standard InChI is InChI=1S/C16H16.H3N/c1-3-7-13(8-4-1)15-11-12-16(15)14-9-5-2-6-10-14;/h1-10,15-16H,11-12H2;1H3. The zero-order chi connectivity index (χ0) is 10.8. The first kappa shape index (κ1) is 11.9. The lowest BCUT2D eigenvalue weighted by Crippen LogP contribution is -2.21. The summed E-state index contributed by atoms with van der Waals surface area (Å²) in [5, 5.41) is 0. The molecule has 0 aliphatic heterocycles. The van der Waals surface area contributed by atoms with Gasteiger partial charge in [0.2, 0.25) is 0 Å². The van der Waals surface area contributed by atoms with Crippen molar-refractivity contribution in [3.8, 4) is 0 Å². The highest BCUT2D eigenvalue weighted by Gasteiger charge is 2.32. The Labute approximate surface area is 103 Å². The van der Waals surface area contributed by atoms with Crippen LogP contribution in [0.25, 0.3) is 0 Å². The average molecular weight is 225 g/mol. The van der Waals surface area contributed by atoms with E-state index in [1.807, 2.05) is 0 Å². The summed E-state index contributed by atoms with van der Waals surface area (Å²) in [6.07, 6.45) is 2.67. The Bertz CT molecular complexity index is 404. The third kappa shape index (κ3) is 2.25. The molecule has 1 heteroatoms. The van der Waals surface area contributed by atoms with Crippen molar-refractivity contribution < 1.29 is 0 Å². The summed E-state index contributed by atoms with van der Waals surface area (Å²) in [5.74, 6) is 1.48. The Balaban J connectivity index is 0.00000108. The van der Waals surface area contributed by atoms with Gasteiger partial charge in [-0.25, -0.2) is 0 Å². The summed E-state index contributed by atoms with van der Waals surface area (Å²) in [6.45, 7) is 0. The lowest BCUT2D eigenvalue weighted by Gasteiger charge is -2.37. The van der Waals surface area contributed by atoms with Crippen molar-refractivity contribution in [2.75, 3.05) is 0 Å². The van der Waals surface area contributed by atoms with E-state index >= 15 is 0 Å². The smallest absolute Gasteiger partial charge is 0.00929 e. The molecule has 1 saturated carbocycles. The monoisotopic (exact) mass is 225 g/mol. The Hall–Kier alpha value is -1.60. The summed E-state index contributed by atoms with van der Waals surface area (Å²) >= 11 is 0. The summed E-state index contributed by atoms with van der Waals surface area (Å²) in [5.41, 5.74) is 3.00. The predicted molar refractivity (Wildman–Crippen MR) is 72.6 cm³/mol. The van der Waals surface area contributed by atoms with E-state index in [1.54, 1.807) is 0 Å². The minimum absolute atomic E-state index is 0. The Morgan fingerprint density at radius 3 is 1.24 bits per heavy atom. The van der Waals surface area contributed by atoms with Crippen molar-refractivity contribution >= 4 is 0 Å². The number of rotatable bonds is 2. The number of hydrogen-bond donors (Lipinski definition) is 1. The molecule has 88 valence electrons. The Kier molecular flexibility index (Phi) is 3.60. The second-order valence-corrected chi connectivity index (χ2v) is 4.61. The van der Waals surface area contributed by atoms with Crippen molar-refractivity contribution in [1.82, 2.24) is 6.15 Å². The summed E-state index contributed by atoms with van der Waals surface area (Å²) < 4.78 is 0. The molecule has 2 unspecified atom stereocenters. The average Bonchev–Trinajstić information content (AvgIpc) is 2.30. The highest BCUT2D eigenvalue weighted by Crippen LogP contribution is 2.48. The summed E-state index contributed by atoms with van der Waals surface area (Å²) in [7, 11) is 0. The fraction of sp³-hybridized carbons (Fsp3) is 0.250. The molecular weight excluding hydrogens is 206 g/mol. The van der Waals surface area contributed by atoms with E-state index in [9.17, 15) is 0 Å². The molecule has 1 nitrogen and oxygen atoms in total. The van der Waals surface area contributed by atoms with E-state index in [0.717, 1.165) is 11.8 Å². The first-order chi connectivity index (χ1) is 7.95. The number of benzene rings is 2. The summed E-state index contributed by atoms with van der Waals surface area (Å²) in [6, 6.07) is 21.8. The van der Waals surface area contributed by atoms with Crippen molar-refractivity contribution in [1.29, 1.82) is 0 Å². The van der Waals surface area contributed by atoms with Crippen molar-refractivity contribution in [2.24, 2.45) is 0 Å². The van der Waals surface area contributed by atoms with Crippen LogP contribution in [0, 0.1) is 0 Å². The molecule has 0 radical (unpaired) electrons. The van der Waals surface area contributed by atoms with Crippen molar-refractivity contribution in [3.63, 3.8) is 0 Å². The van der Waals surface area contributed by atoms with Gasteiger partial charge in [-0.15, -0.1) is 0 Å². The SMILES string of the molecule is N.c1ccc(C2CCC2c2ccccc2)cc1. The van der Waals surface area contributed by atoms with Gasteiger partial charge in [-0.3, -0.25) is 0 Å². The molecule has 2 aromatic carbocycles. The fourth-order valence-corrected chi connectivity index (χ4v) is 2.70. The molecule has 3 rings (SSSR count). The van der Waals surface area contributed by atoms with Crippen LogP contribution < -0.4 is 6.15 Å². The maximum atomic E-state index is 2.26. The zero-order valence-electron chi connectivity index (χ0n) is 10.0. The molecular formula is C16H19N. The first-order valence-corrected chi connectivity index (χ1v) is 6.05. The molecule has 2 aromatic rings. The largest absolute Gasteiger partial charge is 0.344 e. The van der Waals surface area contributed by atoms with Crippen LogP contribution in [-0.2, 0) is 0 Å². The number of hydrogen-bond acceptors (Lipinski definition) is 1. The molecule has 17 heavy (non-hydrogen) atoms. The van der Waals surface area contributed by atoms with Crippen LogP contribution in [0.4, 0.5) is 0 Å². The second-order valence-electron chi connectivity index (χ2n) is 4.61. The second kappa shape index (κ2) is 5.15. The molecule has 0 saturated heterocycles. The van der Waals surface area contributed by atoms with E-state index in [2.05, 4.69) is 60.7 Å². The lowest BCUT2D eigenvalue weighted by molar-refractivity contribution is 0.346. The van der Waals surface area contributed by atoms with E-state index < -0.39 is 0 Å². The van der Waals surface area contributed by atoms with Gasteiger partial charge in [0.15, 0.2) is 0 Å². The fourth-order valence-electron chi connectivity index (χ4n) is 2.70. The zero-order valence-corrected chi connectivity index (χ0v) is 10.0. The van der Waals surface area contributed by atoms with E-state index in [1.165, 1.54) is 24.0 Å². The van der Waals surface area contributed by atoms with Gasteiger partial charge < -0.3 is 6.15 Å². The van der Waals surface area contributed by atoms with Gasteiger partial charge in [-0.1, -0.05) is 60.7 Å². The molecule has 0 heterocycles. The van der Waals surface area contributed by atoms with Crippen LogP contribution in [-0.4, -0.2) is 0 Å². The van der Waals surface area contributed by atoms with E-state index in [0.29, 0.717) is 0 Å². The third-order valence-electron chi connectivity index (χ3n) is 3.73. The lowest BCUT2D eigenvalue weighted by atomic mass is 9.67. The van der Waals surface area contributed by atoms with Gasteiger partial charge in [0.1, 0.15) is 0 Å². The highest BCUT2D eigenvalue weighted by atomic mass is 14.4. The first-order valence-electron chi connectivity index (χ1n) is 6.05. The van der Waals surface area contributed by atoms with Crippen LogP contribution in [0.2, 0.25) is 0 Å². The van der Waals surface area contributed by atoms with Crippen LogP contribution in [0.5, 0.6) is 0 Å². The molecule has 1 aliphatic carbocycles. The third-order valence-corrected chi connectivity index (χ3v) is 3.73. The minimum atomic E-state index is 0. The maximum absolute atomic E-state index is 2.26. The van der Waals surface area contributed by atoms with Gasteiger partial charge in [-0.2, -0.15) is 0 Å². The van der Waals surface area contributed by atoms with Crippen LogP contribution in [0.1, 0.15) is 35.8 Å². The van der Waals surface area contributed by atoms with Crippen molar-refractivity contribution in [2.45, 2.75) is 24.7 Å². The molecule has 0 bridgehead atoms. The molecule has 0 amide bonds. The van der Waals surface area contributed by atoms with Gasteiger partial charge in [0.25, 0.3) is 0 Å². The normalized spacial score (nSPS) is 22.4. The molecule has 3 N–H and O–H groups in total. The van der Waals surface area contributed by atoms with E-state index in [-0.39, 0.29) is 6.15 Å². The molecule has 0 aromatic heterocycles. The van der Waals surface area contributed by atoms with Gasteiger partial charge >= 0.3 is 0 Å². The van der Waals surface area contributed by atoms with Crippen LogP contribution in [0.3, 0.4) is 0 Å². The molecule has 1 fully saturated rings. The molecule has 1 aliphatic rings. The van der Waals surface area contributed by atoms with Gasteiger partial charge in [0.05, 0.1) is 0 Å². The van der Waals surface area contributed by atoms with Crippen LogP contribution >= 0.6 is 0 Å². The minimum Gasteiger partial charge on any atom is -0.344 e. The Morgan fingerprint density at radius 1 is 0.588 bits per heavy atom. The highest BCUT2D eigenvalue weighted by molar-refractivity contribution is 5.31. The van der Waals surface area contributed by atoms with Crippen LogP contribution in [0.15, 0.2) is 60.7 Å². The van der Waals surface area contributed by atoms with Crippen molar-refractivity contribution in [3.05, 3.63) is 71.8 Å². The van der Waals surface area contributed by atoms with E-state index in [4.69, 9.17) is 0 Å². The predicted octanol–water partition coefficient (Wildman–Crippen LogP) is 4.51. The Morgan fingerprint density at radius 2 is 0.941 bits per heavy atom. The summed E-state index contributed by atoms with van der Waals surface area (Å²) in [4.78, 5) is 0. The molecule has 2 atom stereocenters. The van der Waals surface area contributed by atoms with Gasteiger partial charge in [-0.05, 0) is 35.8 Å². The topological polar surface area (TPSA) is 35.0 Å². The van der Waals surface area contributed by atoms with Gasteiger partial charge in [0, 0.05) is 0 Å². The quantitative estimate of drug-likeness (QED) is 0.801. The molecule has 0 spiro atoms. The maximum Gasteiger partial charge on any atom is -0.00929 e.